The van der Waals surface area contributed by atoms with Crippen molar-refractivity contribution in [2.75, 3.05) is 0 Å². The molecule has 0 aliphatic rings. The van der Waals surface area contributed by atoms with Crippen LogP contribution in [0.3, 0.4) is 0 Å². The van der Waals surface area contributed by atoms with E-state index in [2.05, 4.69) is 32.2 Å². The molecule has 65 valence electrons. The van der Waals surface area contributed by atoms with Crippen molar-refractivity contribution < 1.29 is 0 Å². The Hall–Kier alpha value is -0.870. The van der Waals surface area contributed by atoms with Crippen LogP contribution in [0.15, 0.2) is 29.1 Å². The molecule has 2 aromatic rings. The summed E-state index contributed by atoms with van der Waals surface area (Å²) < 4.78 is 2.33. The Morgan fingerprint density at radius 1 is 1.54 bits per heavy atom. The van der Waals surface area contributed by atoms with Gasteiger partial charge in [-0.05, 0) is 28.1 Å². The fourth-order valence-electron chi connectivity index (χ4n) is 0.929. The third kappa shape index (κ3) is 1.73. The molecule has 2 aromatic heterocycles. The minimum Gasteiger partial charge on any atom is -0.279 e. The molecule has 0 saturated heterocycles. The number of imidazole rings is 1. The van der Waals surface area contributed by atoms with E-state index in [0.717, 1.165) is 0 Å². The van der Waals surface area contributed by atoms with Gasteiger partial charge in [0.05, 0.1) is 5.02 Å². The standard InChI is InChI=1S/C8H4BrClN3/c9-7-4-13(5-12-7)8-6(10)2-1-3-11-8/h1-4H. The molecule has 2 rings (SSSR count). The first kappa shape index (κ1) is 8.72. The highest BCUT2D eigenvalue weighted by atomic mass is 79.9. The highest BCUT2D eigenvalue weighted by molar-refractivity contribution is 9.10. The molecule has 13 heavy (non-hydrogen) atoms. The van der Waals surface area contributed by atoms with Gasteiger partial charge in [-0.1, -0.05) is 11.6 Å². The lowest BCUT2D eigenvalue weighted by molar-refractivity contribution is 0.983. The van der Waals surface area contributed by atoms with E-state index in [-0.39, 0.29) is 0 Å². The van der Waals surface area contributed by atoms with E-state index < -0.39 is 0 Å². The van der Waals surface area contributed by atoms with Crippen molar-refractivity contribution in [3.63, 3.8) is 0 Å². The summed E-state index contributed by atoms with van der Waals surface area (Å²) in [5.74, 6) is 0.627. The van der Waals surface area contributed by atoms with Crippen LogP contribution < -0.4 is 0 Å². The second-order valence-corrected chi connectivity index (χ2v) is 3.56. The molecule has 0 aliphatic carbocycles. The van der Waals surface area contributed by atoms with Crippen LogP contribution in [0.2, 0.25) is 5.02 Å². The molecule has 0 saturated carbocycles. The normalized spacial score (nSPS) is 10.3. The predicted molar refractivity (Wildman–Crippen MR) is 52.9 cm³/mol. The Bertz CT molecular complexity index is 427. The van der Waals surface area contributed by atoms with E-state index in [1.54, 1.807) is 29.1 Å². The van der Waals surface area contributed by atoms with Gasteiger partial charge >= 0.3 is 0 Å². The lowest BCUT2D eigenvalue weighted by atomic mass is 10.4. The van der Waals surface area contributed by atoms with Crippen molar-refractivity contribution in [1.82, 2.24) is 14.5 Å². The molecule has 0 aromatic carbocycles. The second kappa shape index (κ2) is 3.47. The zero-order valence-electron chi connectivity index (χ0n) is 6.41. The van der Waals surface area contributed by atoms with Crippen molar-refractivity contribution in [2.45, 2.75) is 0 Å². The molecule has 3 nitrogen and oxygen atoms in total. The third-order valence-corrected chi connectivity index (χ3v) is 2.14. The Balaban J connectivity index is 2.52. The van der Waals surface area contributed by atoms with Gasteiger partial charge in [-0.3, -0.25) is 4.57 Å². The maximum absolute atomic E-state index is 5.92. The highest BCUT2D eigenvalue weighted by Crippen LogP contribution is 2.17. The predicted octanol–water partition coefficient (Wildman–Crippen LogP) is 2.48. The lowest BCUT2D eigenvalue weighted by Gasteiger charge is -2.00. The van der Waals surface area contributed by atoms with E-state index in [9.17, 15) is 0 Å². The molecule has 0 amide bonds. The van der Waals surface area contributed by atoms with Gasteiger partial charge in [0.1, 0.15) is 4.60 Å². The summed E-state index contributed by atoms with van der Waals surface area (Å²) in [6.07, 6.45) is 6.15. The topological polar surface area (TPSA) is 30.7 Å². The van der Waals surface area contributed by atoms with Gasteiger partial charge in [-0.25, -0.2) is 9.97 Å². The Morgan fingerprint density at radius 3 is 3.00 bits per heavy atom. The van der Waals surface area contributed by atoms with Gasteiger partial charge < -0.3 is 0 Å². The quantitative estimate of drug-likeness (QED) is 0.786. The number of halogens is 2. The van der Waals surface area contributed by atoms with E-state index in [4.69, 9.17) is 11.6 Å². The molecular weight excluding hydrogens is 253 g/mol. The first-order chi connectivity index (χ1) is 6.27. The van der Waals surface area contributed by atoms with Crippen molar-refractivity contribution >= 4 is 27.5 Å². The monoisotopic (exact) mass is 256 g/mol. The van der Waals surface area contributed by atoms with Crippen LogP contribution in [0.4, 0.5) is 0 Å². The summed E-state index contributed by atoms with van der Waals surface area (Å²) in [5, 5.41) is 0.573. The maximum atomic E-state index is 5.92. The maximum Gasteiger partial charge on any atom is 0.183 e. The molecule has 0 unspecified atom stereocenters. The average molecular weight is 257 g/mol. The Kier molecular flexibility index (Phi) is 2.33. The van der Waals surface area contributed by atoms with Gasteiger partial charge in [0.15, 0.2) is 12.1 Å². The molecule has 0 N–H and O–H groups in total. The van der Waals surface area contributed by atoms with Crippen molar-refractivity contribution in [1.29, 1.82) is 0 Å². The van der Waals surface area contributed by atoms with Gasteiger partial charge in [0, 0.05) is 12.4 Å². The molecule has 5 heteroatoms. The summed E-state index contributed by atoms with van der Waals surface area (Å²) in [4.78, 5) is 7.99. The molecule has 0 spiro atoms. The van der Waals surface area contributed by atoms with Gasteiger partial charge in [-0.2, -0.15) is 0 Å². The van der Waals surface area contributed by atoms with Gasteiger partial charge in [-0.15, -0.1) is 0 Å². The second-order valence-electron chi connectivity index (χ2n) is 2.34. The van der Waals surface area contributed by atoms with Crippen LogP contribution >= 0.6 is 27.5 Å². The van der Waals surface area contributed by atoms with Gasteiger partial charge in [0.25, 0.3) is 0 Å². The third-order valence-electron chi connectivity index (χ3n) is 1.47. The van der Waals surface area contributed by atoms with Crippen LogP contribution in [0.1, 0.15) is 0 Å². The van der Waals surface area contributed by atoms with E-state index in [1.165, 1.54) is 0 Å². The Labute approximate surface area is 88.5 Å². The van der Waals surface area contributed by atoms with Crippen molar-refractivity contribution in [2.24, 2.45) is 0 Å². The van der Waals surface area contributed by atoms with Crippen molar-refractivity contribution in [3.8, 4) is 5.82 Å². The number of rotatable bonds is 1. The number of hydrogen-bond donors (Lipinski definition) is 0. The number of pyridine rings is 1. The SMILES string of the molecule is Clc1cccnc1-n1[c]nc(Br)c1. The van der Waals surface area contributed by atoms with Crippen LogP contribution in [0, 0.1) is 6.33 Å². The van der Waals surface area contributed by atoms with Crippen LogP contribution in [-0.4, -0.2) is 14.5 Å². The van der Waals surface area contributed by atoms with Gasteiger partial charge in [0.2, 0.25) is 0 Å². The molecular formula is C8H4BrClN3. The minimum absolute atomic E-state index is 0.573. The van der Waals surface area contributed by atoms with E-state index >= 15 is 0 Å². The molecule has 0 atom stereocenters. The molecule has 0 aliphatic heterocycles. The zero-order chi connectivity index (χ0) is 9.26. The number of nitrogens with zero attached hydrogens (tertiary/aromatic N) is 3. The zero-order valence-corrected chi connectivity index (χ0v) is 8.75. The number of aromatic nitrogens is 3. The summed E-state index contributed by atoms with van der Waals surface area (Å²) in [6, 6.07) is 3.55. The molecule has 1 radical (unpaired) electrons. The largest absolute Gasteiger partial charge is 0.279 e. The molecule has 2 heterocycles. The molecule has 0 fully saturated rings. The smallest absolute Gasteiger partial charge is 0.183 e. The van der Waals surface area contributed by atoms with Crippen LogP contribution in [-0.2, 0) is 0 Å². The minimum atomic E-state index is 0.573. The van der Waals surface area contributed by atoms with Crippen LogP contribution in [0.5, 0.6) is 0 Å². The average Bonchev–Trinajstić information content (AvgIpc) is 2.53. The first-order valence-electron chi connectivity index (χ1n) is 3.51. The van der Waals surface area contributed by atoms with Crippen LogP contribution in [0.25, 0.3) is 5.82 Å². The van der Waals surface area contributed by atoms with E-state index in [0.29, 0.717) is 15.4 Å². The Morgan fingerprint density at radius 2 is 2.38 bits per heavy atom. The van der Waals surface area contributed by atoms with E-state index in [1.807, 2.05) is 0 Å². The summed E-state index contributed by atoms with van der Waals surface area (Å²) in [6.45, 7) is 0. The summed E-state index contributed by atoms with van der Waals surface area (Å²) in [5.41, 5.74) is 0. The van der Waals surface area contributed by atoms with Crippen molar-refractivity contribution in [3.05, 3.63) is 40.5 Å². The summed E-state index contributed by atoms with van der Waals surface area (Å²) in [7, 11) is 0. The fraction of sp³-hybridized carbons (Fsp3) is 0. The number of hydrogen-bond acceptors (Lipinski definition) is 2. The highest BCUT2D eigenvalue weighted by Gasteiger charge is 2.03. The summed E-state index contributed by atoms with van der Waals surface area (Å²) >= 11 is 9.14. The fourth-order valence-corrected chi connectivity index (χ4v) is 1.43. The first-order valence-corrected chi connectivity index (χ1v) is 4.68. The molecule has 0 bridgehead atoms. The lowest BCUT2D eigenvalue weighted by Crippen LogP contribution is -1.94.